The van der Waals surface area contributed by atoms with E-state index >= 15 is 0 Å². The predicted molar refractivity (Wildman–Crippen MR) is 75.1 cm³/mol. The summed E-state index contributed by atoms with van der Waals surface area (Å²) in [7, 11) is 1.57. The standard InChI is InChI=1S/C11H16N6O5/c1-13-11-14-4-7(15-10(12)16-8(4)21)17(11)9-6(20)5(19)3(2-18)22-9/h3,5-6,9,18-20H,2H2,1H3,(H,13,14)(H3,12,15,16,21)/t3-,5+,6+,9+/m0/s1. The number of aliphatic hydroxyl groups is 3. The summed E-state index contributed by atoms with van der Waals surface area (Å²) in [5.74, 6) is 0.0847. The van der Waals surface area contributed by atoms with Crippen molar-refractivity contribution in [1.29, 1.82) is 0 Å². The Balaban J connectivity index is 2.20. The molecule has 4 atom stereocenters. The van der Waals surface area contributed by atoms with E-state index in [1.807, 2.05) is 0 Å². The highest BCUT2D eigenvalue weighted by Gasteiger charge is 2.45. The van der Waals surface area contributed by atoms with Crippen LogP contribution in [0.2, 0.25) is 0 Å². The van der Waals surface area contributed by atoms with E-state index in [1.54, 1.807) is 7.05 Å². The largest absolute Gasteiger partial charge is 0.394 e. The fourth-order valence-corrected chi connectivity index (χ4v) is 2.51. The number of fused-ring (bicyclic) bond motifs is 1. The normalized spacial score (nSPS) is 28.4. The lowest BCUT2D eigenvalue weighted by atomic mass is 10.1. The molecule has 120 valence electrons. The Bertz CT molecular complexity index is 757. The molecule has 2 aromatic heterocycles. The van der Waals surface area contributed by atoms with Gasteiger partial charge in [0.15, 0.2) is 17.4 Å². The summed E-state index contributed by atoms with van der Waals surface area (Å²) in [6.07, 6.45) is -4.64. The van der Waals surface area contributed by atoms with E-state index in [4.69, 9.17) is 10.5 Å². The molecule has 3 rings (SSSR count). The third-order valence-electron chi connectivity index (χ3n) is 3.56. The SMILES string of the molecule is CNc1nc2c(=O)[nH]c(N)nc2n1[C@@H]1O[C@@H](CO)[C@@H](O)[C@H]1O. The maximum absolute atomic E-state index is 11.9. The van der Waals surface area contributed by atoms with Crippen LogP contribution in [0.15, 0.2) is 4.79 Å². The molecule has 0 amide bonds. The van der Waals surface area contributed by atoms with Gasteiger partial charge in [-0.1, -0.05) is 0 Å². The van der Waals surface area contributed by atoms with Crippen LogP contribution >= 0.6 is 0 Å². The quantitative estimate of drug-likeness (QED) is 0.354. The maximum atomic E-state index is 11.9. The van der Waals surface area contributed by atoms with Crippen LogP contribution < -0.4 is 16.6 Å². The van der Waals surface area contributed by atoms with Crippen molar-refractivity contribution in [3.05, 3.63) is 10.4 Å². The number of imidazole rings is 1. The molecule has 3 heterocycles. The zero-order valence-electron chi connectivity index (χ0n) is 11.6. The average Bonchev–Trinajstić information content (AvgIpc) is 2.98. The van der Waals surface area contributed by atoms with Crippen LogP contribution in [-0.2, 0) is 4.74 Å². The van der Waals surface area contributed by atoms with Crippen LogP contribution in [0.5, 0.6) is 0 Å². The number of aliphatic hydroxyl groups excluding tert-OH is 3. The number of aromatic amines is 1. The number of nitrogen functional groups attached to an aromatic ring is 1. The van der Waals surface area contributed by atoms with Gasteiger partial charge in [0.05, 0.1) is 6.61 Å². The van der Waals surface area contributed by atoms with Gasteiger partial charge in [-0.15, -0.1) is 0 Å². The van der Waals surface area contributed by atoms with E-state index in [1.165, 1.54) is 4.57 Å². The molecule has 0 aliphatic carbocycles. The zero-order chi connectivity index (χ0) is 16.0. The van der Waals surface area contributed by atoms with Gasteiger partial charge in [-0.25, -0.2) is 4.98 Å². The summed E-state index contributed by atoms with van der Waals surface area (Å²) in [6.45, 7) is -0.466. The second-order valence-corrected chi connectivity index (χ2v) is 4.91. The van der Waals surface area contributed by atoms with Crippen molar-refractivity contribution in [3.8, 4) is 0 Å². The van der Waals surface area contributed by atoms with Gasteiger partial charge >= 0.3 is 0 Å². The Morgan fingerprint density at radius 1 is 1.41 bits per heavy atom. The van der Waals surface area contributed by atoms with Crippen LogP contribution in [0.3, 0.4) is 0 Å². The minimum atomic E-state index is -1.33. The first kappa shape index (κ1) is 14.7. The number of anilines is 2. The Kier molecular flexibility index (Phi) is 3.48. The molecule has 7 N–H and O–H groups in total. The molecular weight excluding hydrogens is 296 g/mol. The van der Waals surface area contributed by atoms with Crippen LogP contribution in [0, 0.1) is 0 Å². The second kappa shape index (κ2) is 5.21. The molecule has 0 radical (unpaired) electrons. The summed E-state index contributed by atoms with van der Waals surface area (Å²) in [5.41, 5.74) is 5.11. The molecular formula is C11H16N6O5. The molecule has 0 bridgehead atoms. The van der Waals surface area contributed by atoms with Crippen LogP contribution in [0.4, 0.5) is 11.9 Å². The molecule has 11 nitrogen and oxygen atoms in total. The molecule has 0 unspecified atom stereocenters. The van der Waals surface area contributed by atoms with E-state index in [-0.39, 0.29) is 23.1 Å². The van der Waals surface area contributed by atoms with Gasteiger partial charge < -0.3 is 31.1 Å². The topological polar surface area (TPSA) is 172 Å². The number of hydrogen-bond donors (Lipinski definition) is 6. The van der Waals surface area contributed by atoms with E-state index in [9.17, 15) is 20.1 Å². The van der Waals surface area contributed by atoms with Crippen molar-refractivity contribution < 1.29 is 20.1 Å². The number of nitrogens with zero attached hydrogens (tertiary/aromatic N) is 3. The van der Waals surface area contributed by atoms with Gasteiger partial charge in [0.25, 0.3) is 5.56 Å². The fourth-order valence-electron chi connectivity index (χ4n) is 2.51. The number of H-pyrrole nitrogens is 1. The maximum Gasteiger partial charge on any atom is 0.280 e. The van der Waals surface area contributed by atoms with E-state index in [0.717, 1.165) is 0 Å². The number of nitrogens with one attached hydrogen (secondary N) is 2. The first-order valence-corrected chi connectivity index (χ1v) is 6.55. The minimum Gasteiger partial charge on any atom is -0.394 e. The third kappa shape index (κ3) is 2.02. The number of ether oxygens (including phenoxy) is 1. The Labute approximate surface area is 123 Å². The number of aromatic nitrogens is 4. The van der Waals surface area contributed by atoms with Crippen LogP contribution in [0.25, 0.3) is 11.2 Å². The smallest absolute Gasteiger partial charge is 0.280 e. The molecule has 0 saturated carbocycles. The van der Waals surface area contributed by atoms with E-state index < -0.39 is 36.7 Å². The molecule has 1 saturated heterocycles. The van der Waals surface area contributed by atoms with Crippen molar-refractivity contribution in [2.75, 3.05) is 24.7 Å². The lowest BCUT2D eigenvalue weighted by molar-refractivity contribution is -0.0501. The highest BCUT2D eigenvalue weighted by molar-refractivity contribution is 5.74. The Morgan fingerprint density at radius 2 is 2.14 bits per heavy atom. The van der Waals surface area contributed by atoms with Crippen LogP contribution in [-0.4, -0.2) is 66.8 Å². The molecule has 1 fully saturated rings. The van der Waals surface area contributed by atoms with E-state index in [0.29, 0.717) is 0 Å². The summed E-state index contributed by atoms with van der Waals surface area (Å²) in [5, 5.41) is 31.9. The number of rotatable bonds is 3. The number of hydrogen-bond acceptors (Lipinski definition) is 9. The average molecular weight is 312 g/mol. The van der Waals surface area contributed by atoms with Gasteiger partial charge in [-0.05, 0) is 0 Å². The molecule has 2 aromatic rings. The molecule has 22 heavy (non-hydrogen) atoms. The highest BCUT2D eigenvalue weighted by Crippen LogP contribution is 2.33. The molecule has 11 heteroatoms. The van der Waals surface area contributed by atoms with Crippen molar-refractivity contribution in [3.63, 3.8) is 0 Å². The Morgan fingerprint density at radius 3 is 2.73 bits per heavy atom. The van der Waals surface area contributed by atoms with Crippen molar-refractivity contribution >= 4 is 23.1 Å². The lowest BCUT2D eigenvalue weighted by Gasteiger charge is -2.18. The summed E-state index contributed by atoms with van der Waals surface area (Å²) in [4.78, 5) is 22.3. The van der Waals surface area contributed by atoms with Crippen molar-refractivity contribution in [1.82, 2.24) is 19.5 Å². The van der Waals surface area contributed by atoms with Crippen LogP contribution in [0.1, 0.15) is 6.23 Å². The monoisotopic (exact) mass is 312 g/mol. The first-order chi connectivity index (χ1) is 10.5. The first-order valence-electron chi connectivity index (χ1n) is 6.55. The molecule has 1 aliphatic heterocycles. The van der Waals surface area contributed by atoms with Gasteiger partial charge in [0.2, 0.25) is 11.9 Å². The minimum absolute atomic E-state index is 0.0105. The Hall–Kier alpha value is -2.21. The molecule has 0 spiro atoms. The molecule has 1 aliphatic rings. The zero-order valence-corrected chi connectivity index (χ0v) is 11.6. The van der Waals surface area contributed by atoms with Gasteiger partial charge in [-0.3, -0.25) is 14.3 Å². The summed E-state index contributed by atoms with van der Waals surface area (Å²) in [6, 6.07) is 0. The number of nitrogens with two attached hydrogens (primary N) is 1. The predicted octanol–water partition coefficient (Wildman–Crippen LogP) is -2.64. The molecule has 0 aromatic carbocycles. The summed E-state index contributed by atoms with van der Waals surface area (Å²) < 4.78 is 6.77. The highest BCUT2D eigenvalue weighted by atomic mass is 16.6. The lowest BCUT2D eigenvalue weighted by Crippen LogP contribution is -2.33. The van der Waals surface area contributed by atoms with Gasteiger partial charge in [0.1, 0.15) is 18.3 Å². The third-order valence-corrected chi connectivity index (χ3v) is 3.56. The summed E-state index contributed by atoms with van der Waals surface area (Å²) >= 11 is 0. The van der Waals surface area contributed by atoms with Crippen molar-refractivity contribution in [2.24, 2.45) is 0 Å². The fraction of sp³-hybridized carbons (Fsp3) is 0.545. The second-order valence-electron chi connectivity index (χ2n) is 4.91. The van der Waals surface area contributed by atoms with Gasteiger partial charge in [-0.2, -0.15) is 4.98 Å². The van der Waals surface area contributed by atoms with Crippen molar-refractivity contribution in [2.45, 2.75) is 24.5 Å². The van der Waals surface area contributed by atoms with E-state index in [2.05, 4.69) is 20.3 Å². The van der Waals surface area contributed by atoms with Gasteiger partial charge in [0, 0.05) is 7.05 Å².